The first-order chi connectivity index (χ1) is 17.0. The van der Waals surface area contributed by atoms with E-state index in [1.54, 1.807) is 18.2 Å². The number of benzene rings is 5. The number of fused-ring (bicyclic) bond motifs is 5. The number of ketones is 2. The number of phenols is 1. The van der Waals surface area contributed by atoms with E-state index in [2.05, 4.69) is 0 Å². The van der Waals surface area contributed by atoms with Crippen molar-refractivity contribution >= 4 is 44.7 Å². The summed E-state index contributed by atoms with van der Waals surface area (Å²) in [6, 6.07) is 30.0. The van der Waals surface area contributed by atoms with Crippen LogP contribution in [0.1, 0.15) is 33.0 Å². The molecule has 2 atom stereocenters. The number of carbonyl (C=O) groups is 2. The lowest BCUT2D eigenvalue weighted by Gasteiger charge is -2.31. The summed E-state index contributed by atoms with van der Waals surface area (Å²) in [6.07, 6.45) is 0.331. The molecule has 35 heavy (non-hydrogen) atoms. The first kappa shape index (κ1) is 21.6. The molecule has 0 aliphatic heterocycles. The topological polar surface area (TPSA) is 54.4 Å². The van der Waals surface area contributed by atoms with Gasteiger partial charge in [0.2, 0.25) is 0 Å². The van der Waals surface area contributed by atoms with Crippen LogP contribution in [0.15, 0.2) is 97.1 Å². The molecule has 0 amide bonds. The maximum atomic E-state index is 14.0. The summed E-state index contributed by atoms with van der Waals surface area (Å²) in [4.78, 5) is 27.9. The summed E-state index contributed by atoms with van der Waals surface area (Å²) in [5.74, 6) is -1.59. The van der Waals surface area contributed by atoms with E-state index in [4.69, 9.17) is 11.6 Å². The molecule has 5 aromatic rings. The first-order valence-corrected chi connectivity index (χ1v) is 12.0. The van der Waals surface area contributed by atoms with Crippen LogP contribution in [0.2, 0.25) is 5.02 Å². The fourth-order valence-corrected chi connectivity index (χ4v) is 5.52. The van der Waals surface area contributed by atoms with Crippen LogP contribution < -0.4 is 0 Å². The van der Waals surface area contributed by atoms with E-state index < -0.39 is 11.8 Å². The Labute approximate surface area is 207 Å². The smallest absolute Gasteiger partial charge is 0.174 e. The van der Waals surface area contributed by atoms with E-state index in [0.29, 0.717) is 28.0 Å². The van der Waals surface area contributed by atoms with Crippen molar-refractivity contribution in [2.75, 3.05) is 0 Å². The van der Waals surface area contributed by atoms with E-state index in [9.17, 15) is 14.7 Å². The van der Waals surface area contributed by atoms with Crippen LogP contribution in [0, 0.1) is 5.92 Å². The lowest BCUT2D eigenvalue weighted by Crippen LogP contribution is -2.37. The second-order valence-electron chi connectivity index (χ2n) is 9.06. The van der Waals surface area contributed by atoms with Crippen LogP contribution in [-0.4, -0.2) is 16.7 Å². The Morgan fingerprint density at radius 1 is 0.714 bits per heavy atom. The van der Waals surface area contributed by atoms with Gasteiger partial charge in [0.05, 0.1) is 11.8 Å². The molecule has 0 aromatic heterocycles. The molecule has 1 aliphatic rings. The molecule has 0 saturated carbocycles. The van der Waals surface area contributed by atoms with Gasteiger partial charge in [0.1, 0.15) is 5.75 Å². The van der Waals surface area contributed by atoms with E-state index in [1.165, 1.54) is 0 Å². The van der Waals surface area contributed by atoms with Gasteiger partial charge in [0, 0.05) is 16.0 Å². The second-order valence-corrected chi connectivity index (χ2v) is 9.50. The van der Waals surface area contributed by atoms with E-state index in [-0.39, 0.29) is 17.3 Å². The maximum Gasteiger partial charge on any atom is 0.174 e. The van der Waals surface area contributed by atoms with Crippen molar-refractivity contribution in [1.82, 2.24) is 0 Å². The van der Waals surface area contributed by atoms with Crippen LogP contribution in [0.4, 0.5) is 0 Å². The molecule has 5 aromatic carbocycles. The number of aromatic hydroxyl groups is 1. The van der Waals surface area contributed by atoms with Gasteiger partial charge in [-0.15, -0.1) is 0 Å². The van der Waals surface area contributed by atoms with Crippen molar-refractivity contribution in [1.29, 1.82) is 0 Å². The molecule has 6 rings (SSSR count). The highest BCUT2D eigenvalue weighted by molar-refractivity contribution is 6.30. The Kier molecular flexibility index (Phi) is 5.16. The lowest BCUT2D eigenvalue weighted by molar-refractivity contribution is -0.122. The van der Waals surface area contributed by atoms with Crippen molar-refractivity contribution in [3.63, 3.8) is 0 Å². The highest BCUT2D eigenvalue weighted by Gasteiger charge is 2.42. The van der Waals surface area contributed by atoms with Crippen molar-refractivity contribution in [2.24, 2.45) is 5.92 Å². The number of halogens is 1. The predicted octanol–water partition coefficient (Wildman–Crippen LogP) is 7.11. The minimum Gasteiger partial charge on any atom is -0.507 e. The Morgan fingerprint density at radius 3 is 2.11 bits per heavy atom. The number of Topliss-reactive ketones (excluding diaryl/α,β-unsaturated/α-hetero) is 2. The lowest BCUT2D eigenvalue weighted by atomic mass is 9.69. The van der Waals surface area contributed by atoms with E-state index >= 15 is 0 Å². The Morgan fingerprint density at radius 2 is 1.37 bits per heavy atom. The molecule has 0 radical (unpaired) electrons. The van der Waals surface area contributed by atoms with E-state index in [0.717, 1.165) is 27.3 Å². The van der Waals surface area contributed by atoms with Gasteiger partial charge in [0.15, 0.2) is 11.6 Å². The predicted molar refractivity (Wildman–Crippen MR) is 139 cm³/mol. The Hall–Kier alpha value is -3.95. The number of hydrogen-bond acceptors (Lipinski definition) is 3. The molecule has 170 valence electrons. The van der Waals surface area contributed by atoms with Crippen LogP contribution in [0.3, 0.4) is 0 Å². The zero-order valence-corrected chi connectivity index (χ0v) is 19.5. The van der Waals surface area contributed by atoms with Gasteiger partial charge in [-0.05, 0) is 57.5 Å². The van der Waals surface area contributed by atoms with Crippen LogP contribution >= 0.6 is 11.6 Å². The molecule has 3 nitrogen and oxygen atoms in total. The van der Waals surface area contributed by atoms with Crippen molar-refractivity contribution in [3.8, 4) is 5.75 Å². The number of hydrogen-bond donors (Lipinski definition) is 1. The third kappa shape index (κ3) is 3.51. The molecule has 0 heterocycles. The third-order valence-corrected chi connectivity index (χ3v) is 7.29. The van der Waals surface area contributed by atoms with Crippen molar-refractivity contribution in [2.45, 2.75) is 12.3 Å². The fraction of sp³-hybridized carbons (Fsp3) is 0.0968. The standard InChI is InChI=1S/C31H21ClO3/c32-20-12-10-19(11-13-20)28-24-15-14-22-21-8-4-5-9-23(21)27(33)17-25(22)29(24)31(35)26(30(28)34)16-18-6-2-1-3-7-18/h1-15,17,26,28,33H,16H2. The molecular formula is C31H21ClO3. The molecule has 1 aliphatic carbocycles. The van der Waals surface area contributed by atoms with Gasteiger partial charge in [-0.25, -0.2) is 0 Å². The third-order valence-electron chi connectivity index (χ3n) is 7.04. The normalized spacial score (nSPS) is 17.6. The highest BCUT2D eigenvalue weighted by atomic mass is 35.5. The SMILES string of the molecule is O=C1c2c(ccc3c2cc(O)c2ccccc23)C(c2ccc(Cl)cc2)C(=O)C1Cc1ccccc1. The zero-order chi connectivity index (χ0) is 24.1. The van der Waals surface area contributed by atoms with E-state index in [1.807, 2.05) is 78.9 Å². The maximum absolute atomic E-state index is 14.0. The van der Waals surface area contributed by atoms with Gasteiger partial charge in [-0.1, -0.05) is 90.5 Å². The molecular weight excluding hydrogens is 456 g/mol. The Bertz CT molecular complexity index is 1620. The highest BCUT2D eigenvalue weighted by Crippen LogP contribution is 2.44. The Balaban J connectivity index is 1.63. The summed E-state index contributed by atoms with van der Waals surface area (Å²) < 4.78 is 0. The average molecular weight is 477 g/mol. The monoisotopic (exact) mass is 476 g/mol. The summed E-state index contributed by atoms with van der Waals surface area (Å²) in [6.45, 7) is 0. The van der Waals surface area contributed by atoms with Crippen molar-refractivity contribution < 1.29 is 14.7 Å². The molecule has 0 saturated heterocycles. The number of carbonyl (C=O) groups excluding carboxylic acids is 2. The minimum atomic E-state index is -0.815. The van der Waals surface area contributed by atoms with Crippen LogP contribution in [0.5, 0.6) is 5.75 Å². The van der Waals surface area contributed by atoms with Gasteiger partial charge >= 0.3 is 0 Å². The minimum absolute atomic E-state index is 0.113. The zero-order valence-electron chi connectivity index (χ0n) is 18.7. The van der Waals surface area contributed by atoms with Gasteiger partial charge < -0.3 is 5.11 Å². The van der Waals surface area contributed by atoms with Gasteiger partial charge in [0.25, 0.3) is 0 Å². The molecule has 0 bridgehead atoms. The largest absolute Gasteiger partial charge is 0.507 e. The molecule has 0 fully saturated rings. The summed E-state index contributed by atoms with van der Waals surface area (Å²) in [5.41, 5.74) is 2.93. The fourth-order valence-electron chi connectivity index (χ4n) is 5.39. The number of phenolic OH excluding ortho intramolecular Hbond substituents is 1. The average Bonchev–Trinajstić information content (AvgIpc) is 2.88. The molecule has 4 heteroatoms. The molecule has 0 spiro atoms. The summed E-state index contributed by atoms with van der Waals surface area (Å²) in [7, 11) is 0. The van der Waals surface area contributed by atoms with Crippen LogP contribution in [-0.2, 0) is 11.2 Å². The van der Waals surface area contributed by atoms with Gasteiger partial charge in [-0.2, -0.15) is 0 Å². The van der Waals surface area contributed by atoms with Crippen LogP contribution in [0.25, 0.3) is 21.5 Å². The second kappa shape index (κ2) is 8.37. The number of rotatable bonds is 3. The summed E-state index contributed by atoms with van der Waals surface area (Å²) >= 11 is 6.13. The quantitative estimate of drug-likeness (QED) is 0.223. The molecule has 1 N–H and O–H groups in total. The van der Waals surface area contributed by atoms with Crippen molar-refractivity contribution in [3.05, 3.63) is 124 Å². The first-order valence-electron chi connectivity index (χ1n) is 11.6. The summed E-state index contributed by atoms with van der Waals surface area (Å²) in [5, 5.41) is 14.6. The molecule has 2 unspecified atom stereocenters. The van der Waals surface area contributed by atoms with Gasteiger partial charge in [-0.3, -0.25) is 9.59 Å².